The van der Waals surface area contributed by atoms with Crippen molar-refractivity contribution in [3.8, 4) is 0 Å². The van der Waals surface area contributed by atoms with E-state index in [4.69, 9.17) is 12.2 Å². The highest BCUT2D eigenvalue weighted by molar-refractivity contribution is 9.11. The van der Waals surface area contributed by atoms with Gasteiger partial charge in [0.15, 0.2) is 0 Å². The van der Waals surface area contributed by atoms with Crippen LogP contribution in [0.5, 0.6) is 0 Å². The summed E-state index contributed by atoms with van der Waals surface area (Å²) in [5.74, 6) is -0.221. The van der Waals surface area contributed by atoms with Crippen molar-refractivity contribution in [2.24, 2.45) is 0 Å². The Morgan fingerprint density at radius 3 is 3.00 bits per heavy atom. The van der Waals surface area contributed by atoms with E-state index in [1.807, 2.05) is 4.90 Å². The number of thiophene rings is 1. The predicted molar refractivity (Wildman–Crippen MR) is 83.8 cm³/mol. The summed E-state index contributed by atoms with van der Waals surface area (Å²) < 4.78 is 14.9. The van der Waals surface area contributed by atoms with E-state index in [0.29, 0.717) is 22.7 Å². The van der Waals surface area contributed by atoms with Gasteiger partial charge in [-0.3, -0.25) is 4.79 Å². The minimum Gasteiger partial charge on any atom is -0.394 e. The summed E-state index contributed by atoms with van der Waals surface area (Å²) in [4.78, 5) is 15.0. The lowest BCUT2D eigenvalue weighted by molar-refractivity contribution is 0.0928. The molecular formula is C12H12BrFN2O2S2. The number of halogens is 2. The van der Waals surface area contributed by atoms with Gasteiger partial charge in [0.2, 0.25) is 0 Å². The molecule has 0 unspecified atom stereocenters. The monoisotopic (exact) mass is 378 g/mol. The fraction of sp³-hybridized carbons (Fsp3) is 0.500. The number of carbonyl (C=O) groups is 1. The second-order valence-electron chi connectivity index (χ2n) is 4.90. The van der Waals surface area contributed by atoms with Crippen molar-refractivity contribution in [2.75, 3.05) is 24.6 Å². The van der Waals surface area contributed by atoms with Crippen molar-refractivity contribution < 1.29 is 14.3 Å². The van der Waals surface area contributed by atoms with Crippen LogP contribution in [0.1, 0.15) is 15.2 Å². The number of aliphatic hydroxyl groups excluding tert-OH is 1. The average molecular weight is 379 g/mol. The number of aliphatic hydroxyl groups is 1. The lowest BCUT2D eigenvalue weighted by Gasteiger charge is -2.26. The minimum atomic E-state index is -1.20. The van der Waals surface area contributed by atoms with E-state index < -0.39 is 12.2 Å². The first-order valence-electron chi connectivity index (χ1n) is 6.16. The van der Waals surface area contributed by atoms with Gasteiger partial charge in [-0.2, -0.15) is 0 Å². The van der Waals surface area contributed by atoms with E-state index >= 15 is 0 Å². The van der Waals surface area contributed by atoms with Crippen LogP contribution in [-0.2, 0) is 6.42 Å². The molecule has 2 N–H and O–H groups in total. The van der Waals surface area contributed by atoms with Crippen molar-refractivity contribution in [1.82, 2.24) is 5.32 Å². The molecular weight excluding hydrogens is 367 g/mol. The SMILES string of the molecule is O=C1N[C@@H](CO)CN2C[C@@H](F)C(=S)Cc3c(Br)sc1c32. The van der Waals surface area contributed by atoms with E-state index in [0.717, 1.165) is 15.0 Å². The van der Waals surface area contributed by atoms with E-state index in [1.165, 1.54) is 11.3 Å². The maximum absolute atomic E-state index is 14.1. The number of rotatable bonds is 1. The van der Waals surface area contributed by atoms with E-state index in [1.54, 1.807) is 0 Å². The molecule has 0 saturated carbocycles. The maximum Gasteiger partial charge on any atom is 0.263 e. The van der Waals surface area contributed by atoms with Gasteiger partial charge in [-0.15, -0.1) is 11.3 Å². The molecule has 1 amide bonds. The molecule has 2 aliphatic heterocycles. The number of amides is 1. The highest BCUT2D eigenvalue weighted by Crippen LogP contribution is 2.43. The van der Waals surface area contributed by atoms with Gasteiger partial charge in [-0.1, -0.05) is 12.2 Å². The number of anilines is 1. The third-order valence-corrected chi connectivity index (χ3v) is 5.90. The molecule has 3 heterocycles. The van der Waals surface area contributed by atoms with Crippen molar-refractivity contribution in [3.05, 3.63) is 14.2 Å². The summed E-state index contributed by atoms with van der Waals surface area (Å²) in [7, 11) is 0. The van der Waals surface area contributed by atoms with Crippen LogP contribution in [0.3, 0.4) is 0 Å². The zero-order valence-electron chi connectivity index (χ0n) is 10.4. The van der Waals surface area contributed by atoms with Crippen LogP contribution in [-0.4, -0.2) is 47.8 Å². The van der Waals surface area contributed by atoms with Crippen molar-refractivity contribution in [3.63, 3.8) is 0 Å². The van der Waals surface area contributed by atoms with Crippen molar-refractivity contribution >= 4 is 55.9 Å². The second kappa shape index (κ2) is 5.32. The molecule has 108 valence electrons. The standard InChI is InChI=1S/C12H12BrFN2O2S2/c13-11-6-1-8(19)7(14)3-16-2-5(4-17)15-12(18)10(20-11)9(6)16/h5,7,17H,1-4H2,(H,15,18)/t5-,7-/m1/s1. The van der Waals surface area contributed by atoms with E-state index in [9.17, 15) is 14.3 Å². The molecule has 1 aromatic heterocycles. The zero-order valence-corrected chi connectivity index (χ0v) is 13.6. The second-order valence-corrected chi connectivity index (χ2v) is 7.76. The van der Waals surface area contributed by atoms with Gasteiger partial charge in [-0.25, -0.2) is 4.39 Å². The Morgan fingerprint density at radius 1 is 1.55 bits per heavy atom. The molecule has 4 nitrogen and oxygen atoms in total. The molecule has 0 radical (unpaired) electrons. The molecule has 0 spiro atoms. The molecule has 20 heavy (non-hydrogen) atoms. The van der Waals surface area contributed by atoms with E-state index in [2.05, 4.69) is 21.2 Å². The molecule has 0 fully saturated rings. The smallest absolute Gasteiger partial charge is 0.263 e. The average Bonchev–Trinajstić information content (AvgIpc) is 2.59. The lowest BCUT2D eigenvalue weighted by Crippen LogP contribution is -2.44. The summed E-state index contributed by atoms with van der Waals surface area (Å²) in [5, 5.41) is 12.1. The molecule has 0 aliphatic carbocycles. The van der Waals surface area contributed by atoms with Crippen molar-refractivity contribution in [2.45, 2.75) is 18.6 Å². The van der Waals surface area contributed by atoms with Crippen molar-refractivity contribution in [1.29, 1.82) is 0 Å². The van der Waals surface area contributed by atoms with Gasteiger partial charge in [0.25, 0.3) is 5.91 Å². The van der Waals surface area contributed by atoms with Gasteiger partial charge in [0, 0.05) is 23.4 Å². The molecule has 8 heteroatoms. The summed E-state index contributed by atoms with van der Waals surface area (Å²) in [5.41, 5.74) is 1.64. The highest BCUT2D eigenvalue weighted by atomic mass is 79.9. The van der Waals surface area contributed by atoms with Crippen LogP contribution in [0.4, 0.5) is 10.1 Å². The molecule has 2 atom stereocenters. The first-order chi connectivity index (χ1) is 9.51. The van der Waals surface area contributed by atoms with Gasteiger partial charge >= 0.3 is 0 Å². The van der Waals surface area contributed by atoms with Gasteiger partial charge in [0.1, 0.15) is 11.0 Å². The van der Waals surface area contributed by atoms with Crippen LogP contribution in [0, 0.1) is 0 Å². The quantitative estimate of drug-likeness (QED) is 0.730. The minimum absolute atomic E-state index is 0.132. The number of alkyl halides is 1. The molecule has 0 bridgehead atoms. The topological polar surface area (TPSA) is 52.6 Å². The fourth-order valence-electron chi connectivity index (χ4n) is 2.57. The Kier molecular flexibility index (Phi) is 3.83. The number of hydrogen-bond donors (Lipinski definition) is 2. The van der Waals surface area contributed by atoms with Crippen LogP contribution in [0.15, 0.2) is 3.79 Å². The van der Waals surface area contributed by atoms with Crippen LogP contribution in [0.25, 0.3) is 0 Å². The first kappa shape index (κ1) is 14.4. The molecule has 3 rings (SSSR count). The summed E-state index contributed by atoms with van der Waals surface area (Å²) in [6.45, 7) is 0.344. The third-order valence-electron chi connectivity index (χ3n) is 3.53. The Morgan fingerprint density at radius 2 is 2.30 bits per heavy atom. The largest absolute Gasteiger partial charge is 0.394 e. The predicted octanol–water partition coefficient (Wildman–Crippen LogP) is 1.69. The number of carbonyl (C=O) groups excluding carboxylic acids is 1. The third kappa shape index (κ3) is 2.28. The molecule has 2 aliphatic rings. The Hall–Kier alpha value is -0.570. The number of nitrogens with zero attached hydrogens (tertiary/aromatic N) is 1. The molecule has 0 aromatic carbocycles. The lowest BCUT2D eigenvalue weighted by atomic mass is 10.1. The number of hydrogen-bond acceptors (Lipinski definition) is 5. The Bertz CT molecular complexity index is 592. The first-order valence-corrected chi connectivity index (χ1v) is 8.17. The molecule has 1 aromatic rings. The fourth-order valence-corrected chi connectivity index (χ4v) is 4.58. The normalized spacial score (nSPS) is 25.9. The Balaban J connectivity index is 2.14. The Labute approximate surface area is 133 Å². The van der Waals surface area contributed by atoms with E-state index in [-0.39, 0.29) is 19.1 Å². The summed E-state index contributed by atoms with van der Waals surface area (Å²) in [6.07, 6.45) is -0.842. The van der Waals surface area contributed by atoms with Gasteiger partial charge in [-0.05, 0) is 15.9 Å². The molecule has 0 saturated heterocycles. The maximum atomic E-state index is 14.1. The summed E-state index contributed by atoms with van der Waals surface area (Å²) in [6, 6.07) is -0.396. The number of nitrogens with one attached hydrogen (secondary N) is 1. The van der Waals surface area contributed by atoms with Gasteiger partial charge in [0.05, 0.1) is 28.7 Å². The van der Waals surface area contributed by atoms with Crippen LogP contribution in [0.2, 0.25) is 0 Å². The number of thiocarbonyl (C=S) groups is 1. The van der Waals surface area contributed by atoms with Gasteiger partial charge < -0.3 is 15.3 Å². The summed E-state index contributed by atoms with van der Waals surface area (Å²) >= 11 is 9.91. The highest BCUT2D eigenvalue weighted by Gasteiger charge is 2.36. The zero-order chi connectivity index (χ0) is 14.4. The van der Waals surface area contributed by atoms with Crippen LogP contribution >= 0.6 is 39.5 Å². The van der Waals surface area contributed by atoms with Crippen LogP contribution < -0.4 is 10.2 Å².